The zero-order chi connectivity index (χ0) is 10.3. The van der Waals surface area contributed by atoms with Gasteiger partial charge in [0.15, 0.2) is 6.79 Å². The van der Waals surface area contributed by atoms with Gasteiger partial charge in [-0.15, -0.1) is 0 Å². The second kappa shape index (κ2) is 6.25. The number of carbonyl (C=O) groups excluding carboxylic acids is 1. The van der Waals surface area contributed by atoms with Crippen molar-refractivity contribution in [1.82, 2.24) is 0 Å². The van der Waals surface area contributed by atoms with Gasteiger partial charge in [-0.2, -0.15) is 0 Å². The molecule has 0 heterocycles. The monoisotopic (exact) mass is 186 g/mol. The van der Waals surface area contributed by atoms with E-state index in [-0.39, 0.29) is 6.79 Å². The van der Waals surface area contributed by atoms with Gasteiger partial charge in [0.2, 0.25) is 0 Å². The zero-order valence-electron chi connectivity index (χ0n) is 8.12. The molecule has 0 N–H and O–H groups in total. The molecule has 0 aliphatic rings. The molecule has 0 aromatic rings. The van der Waals surface area contributed by atoms with E-state index in [1.54, 1.807) is 6.92 Å². The molecular weight excluding hydrogens is 172 g/mol. The summed E-state index contributed by atoms with van der Waals surface area (Å²) in [6, 6.07) is 0. The van der Waals surface area contributed by atoms with Crippen LogP contribution in [0.1, 0.15) is 6.92 Å². The van der Waals surface area contributed by atoms with E-state index in [1.165, 1.54) is 20.3 Å². The maximum Gasteiger partial charge on any atom is 0.334 e. The van der Waals surface area contributed by atoms with Crippen LogP contribution in [0.25, 0.3) is 0 Å². The number of esters is 1. The smallest absolute Gasteiger partial charge is 0.334 e. The highest BCUT2D eigenvalue weighted by Gasteiger charge is 2.03. The van der Waals surface area contributed by atoms with Crippen LogP contribution >= 0.6 is 0 Å². The normalized spacial score (nSPS) is 10.8. The first-order chi connectivity index (χ1) is 6.11. The Morgan fingerprint density at radius 1 is 1.46 bits per heavy atom. The summed E-state index contributed by atoms with van der Waals surface area (Å²) in [6.45, 7) is 5.44. The summed E-state index contributed by atoms with van der Waals surface area (Å²) in [6.07, 6.45) is 1.22. The second-order valence-corrected chi connectivity index (χ2v) is 2.36. The van der Waals surface area contributed by atoms with Crippen LogP contribution in [0.5, 0.6) is 0 Å². The predicted octanol–water partition coefficient (Wildman–Crippen LogP) is 1.24. The number of carbonyl (C=O) groups is 1. The highest BCUT2D eigenvalue weighted by atomic mass is 16.7. The first-order valence-electron chi connectivity index (χ1n) is 3.69. The van der Waals surface area contributed by atoms with Crippen molar-refractivity contribution in [2.45, 2.75) is 6.92 Å². The summed E-state index contributed by atoms with van der Waals surface area (Å²) in [5, 5.41) is 0. The minimum atomic E-state index is -0.478. The van der Waals surface area contributed by atoms with Crippen LogP contribution in [-0.4, -0.2) is 27.0 Å². The summed E-state index contributed by atoms with van der Waals surface area (Å²) < 4.78 is 14.2. The van der Waals surface area contributed by atoms with E-state index in [2.05, 4.69) is 16.1 Å². The van der Waals surface area contributed by atoms with Crippen LogP contribution in [0.15, 0.2) is 24.0 Å². The average molecular weight is 186 g/mol. The molecule has 4 nitrogen and oxygen atoms in total. The number of hydrogen-bond acceptors (Lipinski definition) is 4. The maximum absolute atomic E-state index is 10.8. The van der Waals surface area contributed by atoms with E-state index in [9.17, 15) is 4.79 Å². The van der Waals surface area contributed by atoms with Crippen LogP contribution in [0.4, 0.5) is 0 Å². The standard InChI is InChI=1S/C9H14O4/c1-7(2)8(13-6-11-3)5-9(10)12-4/h5H,1,6H2,2-4H3/b8-5-. The molecule has 13 heavy (non-hydrogen) atoms. The lowest BCUT2D eigenvalue weighted by Gasteiger charge is -2.07. The van der Waals surface area contributed by atoms with Gasteiger partial charge in [-0.05, 0) is 12.5 Å². The highest BCUT2D eigenvalue weighted by Crippen LogP contribution is 2.08. The fraction of sp³-hybridized carbons (Fsp3) is 0.444. The van der Waals surface area contributed by atoms with Crippen molar-refractivity contribution < 1.29 is 19.0 Å². The van der Waals surface area contributed by atoms with Gasteiger partial charge in [-0.1, -0.05) is 6.58 Å². The largest absolute Gasteiger partial charge is 0.467 e. The van der Waals surface area contributed by atoms with E-state index in [0.717, 1.165) is 0 Å². The molecule has 0 atom stereocenters. The molecule has 0 saturated carbocycles. The summed E-state index contributed by atoms with van der Waals surface area (Å²) in [5.74, 6) is -0.109. The minimum Gasteiger partial charge on any atom is -0.467 e. The summed E-state index contributed by atoms with van der Waals surface area (Å²) >= 11 is 0. The molecular formula is C9H14O4. The van der Waals surface area contributed by atoms with Crippen molar-refractivity contribution in [2.75, 3.05) is 21.0 Å². The number of hydrogen-bond donors (Lipinski definition) is 0. The molecule has 0 spiro atoms. The van der Waals surface area contributed by atoms with Gasteiger partial charge in [0.1, 0.15) is 5.76 Å². The lowest BCUT2D eigenvalue weighted by atomic mass is 10.3. The van der Waals surface area contributed by atoms with Gasteiger partial charge in [-0.25, -0.2) is 4.79 Å². The van der Waals surface area contributed by atoms with E-state index < -0.39 is 5.97 Å². The van der Waals surface area contributed by atoms with E-state index in [0.29, 0.717) is 11.3 Å². The van der Waals surface area contributed by atoms with Crippen molar-refractivity contribution >= 4 is 5.97 Å². The predicted molar refractivity (Wildman–Crippen MR) is 47.9 cm³/mol. The molecule has 0 aromatic carbocycles. The SMILES string of the molecule is C=C(C)/C(=C/C(=O)OC)OCOC. The quantitative estimate of drug-likeness (QED) is 0.213. The molecule has 4 heteroatoms. The number of rotatable bonds is 5. The molecule has 0 aromatic heterocycles. The van der Waals surface area contributed by atoms with Crippen LogP contribution in [-0.2, 0) is 19.0 Å². The Morgan fingerprint density at radius 2 is 2.08 bits per heavy atom. The summed E-state index contributed by atoms with van der Waals surface area (Å²) in [4.78, 5) is 10.8. The first-order valence-corrected chi connectivity index (χ1v) is 3.69. The Balaban J connectivity index is 4.32. The van der Waals surface area contributed by atoms with Crippen molar-refractivity contribution in [2.24, 2.45) is 0 Å². The Labute approximate surface area is 77.8 Å². The Bertz CT molecular complexity index is 218. The lowest BCUT2D eigenvalue weighted by molar-refractivity contribution is -0.135. The Kier molecular flexibility index (Phi) is 5.63. The molecule has 0 radical (unpaired) electrons. The Hall–Kier alpha value is -1.29. The molecule has 0 bridgehead atoms. The van der Waals surface area contributed by atoms with Crippen molar-refractivity contribution in [3.05, 3.63) is 24.0 Å². The molecule has 0 amide bonds. The lowest BCUT2D eigenvalue weighted by Crippen LogP contribution is -2.02. The van der Waals surface area contributed by atoms with Gasteiger partial charge in [0.05, 0.1) is 13.2 Å². The number of ether oxygens (including phenoxy) is 3. The molecule has 0 unspecified atom stereocenters. The van der Waals surface area contributed by atoms with Crippen LogP contribution in [0.3, 0.4) is 0 Å². The Morgan fingerprint density at radius 3 is 2.46 bits per heavy atom. The maximum atomic E-state index is 10.8. The molecule has 0 aliphatic heterocycles. The third kappa shape index (κ3) is 5.03. The topological polar surface area (TPSA) is 44.8 Å². The molecule has 0 fully saturated rings. The van der Waals surface area contributed by atoms with Gasteiger partial charge in [-0.3, -0.25) is 0 Å². The van der Waals surface area contributed by atoms with Gasteiger partial charge >= 0.3 is 5.97 Å². The third-order valence-electron chi connectivity index (χ3n) is 1.20. The molecule has 0 saturated heterocycles. The minimum absolute atomic E-state index is 0.0791. The fourth-order valence-corrected chi connectivity index (χ4v) is 0.576. The molecule has 0 rings (SSSR count). The average Bonchev–Trinajstić information content (AvgIpc) is 2.11. The van der Waals surface area contributed by atoms with E-state index in [4.69, 9.17) is 4.74 Å². The van der Waals surface area contributed by atoms with Gasteiger partial charge < -0.3 is 14.2 Å². The fourth-order valence-electron chi connectivity index (χ4n) is 0.576. The molecule has 74 valence electrons. The van der Waals surface area contributed by atoms with Crippen LogP contribution < -0.4 is 0 Å². The highest BCUT2D eigenvalue weighted by molar-refractivity contribution is 5.83. The van der Waals surface area contributed by atoms with E-state index >= 15 is 0 Å². The van der Waals surface area contributed by atoms with Gasteiger partial charge in [0, 0.05) is 7.11 Å². The summed E-state index contributed by atoms with van der Waals surface area (Å²) in [5.41, 5.74) is 0.641. The number of allylic oxidation sites excluding steroid dienone is 1. The zero-order valence-corrected chi connectivity index (χ0v) is 8.12. The first kappa shape index (κ1) is 11.7. The third-order valence-corrected chi connectivity index (χ3v) is 1.20. The van der Waals surface area contributed by atoms with Gasteiger partial charge in [0.25, 0.3) is 0 Å². The second-order valence-electron chi connectivity index (χ2n) is 2.36. The van der Waals surface area contributed by atoms with E-state index in [1.807, 2.05) is 0 Å². The van der Waals surface area contributed by atoms with Crippen molar-refractivity contribution in [3.8, 4) is 0 Å². The molecule has 0 aliphatic carbocycles. The number of methoxy groups -OCH3 is 2. The summed E-state index contributed by atoms with van der Waals surface area (Å²) in [7, 11) is 2.79. The van der Waals surface area contributed by atoms with Crippen molar-refractivity contribution in [1.29, 1.82) is 0 Å². The van der Waals surface area contributed by atoms with Crippen molar-refractivity contribution in [3.63, 3.8) is 0 Å². The van der Waals surface area contributed by atoms with Crippen LogP contribution in [0, 0.1) is 0 Å². The van der Waals surface area contributed by atoms with Crippen LogP contribution in [0.2, 0.25) is 0 Å².